The highest BCUT2D eigenvalue weighted by Gasteiger charge is 2.36. The number of nitrogens with two attached hydrogens (primary N) is 1. The Morgan fingerprint density at radius 1 is 1.19 bits per heavy atom. The van der Waals surface area contributed by atoms with Crippen LogP contribution < -0.4 is 10.0 Å². The molecule has 1 atom stereocenters. The number of hydrogen-bond donors (Lipinski definition) is 1. The third-order valence-electron chi connectivity index (χ3n) is 3.63. The Morgan fingerprint density at radius 3 is 2.52 bits per heavy atom. The van der Waals surface area contributed by atoms with Crippen molar-refractivity contribution in [3.8, 4) is 0 Å². The molecule has 1 aliphatic rings. The summed E-state index contributed by atoms with van der Waals surface area (Å²) >= 11 is 3.32. The standard InChI is InChI=1S/C15H15BrN2O2S/c1-10-8-11-2-5-13(17)9-15(11)18(10)21(19,20)14-6-3-12(16)4-7-14/h2-7,9-10H,8,17H2,1H3. The first kappa shape index (κ1) is 14.4. The molecular weight excluding hydrogens is 352 g/mol. The topological polar surface area (TPSA) is 63.4 Å². The van der Waals surface area contributed by atoms with Gasteiger partial charge in [-0.3, -0.25) is 4.31 Å². The molecule has 2 aromatic rings. The highest BCUT2D eigenvalue weighted by atomic mass is 79.9. The summed E-state index contributed by atoms with van der Waals surface area (Å²) in [5, 5.41) is 0. The Hall–Kier alpha value is -1.53. The maximum Gasteiger partial charge on any atom is 0.264 e. The first-order chi connectivity index (χ1) is 9.89. The first-order valence-corrected chi connectivity index (χ1v) is 8.81. The minimum atomic E-state index is -3.58. The van der Waals surface area contributed by atoms with Crippen molar-refractivity contribution in [2.75, 3.05) is 10.0 Å². The van der Waals surface area contributed by atoms with Gasteiger partial charge in [0.05, 0.1) is 10.6 Å². The number of fused-ring (bicyclic) bond motifs is 1. The number of nitrogens with zero attached hydrogens (tertiary/aromatic N) is 1. The van der Waals surface area contributed by atoms with E-state index in [1.54, 1.807) is 36.4 Å². The van der Waals surface area contributed by atoms with Gasteiger partial charge >= 0.3 is 0 Å². The van der Waals surface area contributed by atoms with E-state index in [2.05, 4.69) is 15.9 Å². The molecule has 0 bridgehead atoms. The highest BCUT2D eigenvalue weighted by Crippen LogP contribution is 2.37. The van der Waals surface area contributed by atoms with Gasteiger partial charge in [-0.2, -0.15) is 0 Å². The predicted octanol–water partition coefficient (Wildman–Crippen LogP) is 3.17. The number of rotatable bonds is 2. The Labute approximate surface area is 132 Å². The summed E-state index contributed by atoms with van der Waals surface area (Å²) in [6, 6.07) is 12.0. The average molecular weight is 367 g/mol. The van der Waals surface area contributed by atoms with Crippen molar-refractivity contribution >= 4 is 37.3 Å². The van der Waals surface area contributed by atoms with Gasteiger partial charge in [0.25, 0.3) is 10.0 Å². The summed E-state index contributed by atoms with van der Waals surface area (Å²) in [7, 11) is -3.58. The lowest BCUT2D eigenvalue weighted by molar-refractivity contribution is 0.584. The Balaban J connectivity index is 2.12. The van der Waals surface area contributed by atoms with Gasteiger partial charge < -0.3 is 5.73 Å². The smallest absolute Gasteiger partial charge is 0.264 e. The lowest BCUT2D eigenvalue weighted by atomic mass is 10.1. The van der Waals surface area contributed by atoms with E-state index in [9.17, 15) is 8.42 Å². The summed E-state index contributed by atoms with van der Waals surface area (Å²) in [6.45, 7) is 1.91. The molecule has 1 heterocycles. The van der Waals surface area contributed by atoms with Gasteiger partial charge in [-0.25, -0.2) is 8.42 Å². The molecule has 2 aromatic carbocycles. The molecular formula is C15H15BrN2O2S. The van der Waals surface area contributed by atoms with Crippen LogP contribution in [0.3, 0.4) is 0 Å². The van der Waals surface area contributed by atoms with E-state index < -0.39 is 10.0 Å². The third kappa shape index (κ3) is 2.42. The highest BCUT2D eigenvalue weighted by molar-refractivity contribution is 9.10. The number of nitrogen functional groups attached to an aromatic ring is 1. The van der Waals surface area contributed by atoms with E-state index >= 15 is 0 Å². The van der Waals surface area contributed by atoms with Crippen LogP contribution in [0.25, 0.3) is 0 Å². The second kappa shape index (κ2) is 5.03. The van der Waals surface area contributed by atoms with Crippen molar-refractivity contribution in [1.29, 1.82) is 0 Å². The van der Waals surface area contributed by atoms with Gasteiger partial charge in [0.2, 0.25) is 0 Å². The van der Waals surface area contributed by atoms with Crippen LogP contribution in [-0.2, 0) is 16.4 Å². The summed E-state index contributed by atoms with van der Waals surface area (Å²) in [4.78, 5) is 0.285. The largest absolute Gasteiger partial charge is 0.399 e. The van der Waals surface area contributed by atoms with E-state index in [1.165, 1.54) is 4.31 Å². The van der Waals surface area contributed by atoms with Crippen LogP contribution in [-0.4, -0.2) is 14.5 Å². The molecule has 0 saturated carbocycles. The molecule has 0 fully saturated rings. The van der Waals surface area contributed by atoms with Gasteiger partial charge in [0.15, 0.2) is 0 Å². The van der Waals surface area contributed by atoms with Crippen LogP contribution >= 0.6 is 15.9 Å². The molecule has 0 saturated heterocycles. The van der Waals surface area contributed by atoms with Crippen LogP contribution in [0.1, 0.15) is 12.5 Å². The van der Waals surface area contributed by atoms with Gasteiger partial charge in [-0.1, -0.05) is 22.0 Å². The second-order valence-corrected chi connectivity index (χ2v) is 7.93. The average Bonchev–Trinajstić information content (AvgIpc) is 2.75. The van der Waals surface area contributed by atoms with Crippen molar-refractivity contribution in [1.82, 2.24) is 0 Å². The summed E-state index contributed by atoms with van der Waals surface area (Å²) in [6.07, 6.45) is 0.700. The molecule has 0 radical (unpaired) electrons. The van der Waals surface area contributed by atoms with Gasteiger partial charge in [-0.05, 0) is 55.3 Å². The summed E-state index contributed by atoms with van der Waals surface area (Å²) < 4.78 is 28.1. The van der Waals surface area contributed by atoms with E-state index in [0.717, 1.165) is 10.0 Å². The summed E-state index contributed by atoms with van der Waals surface area (Å²) in [5.41, 5.74) is 8.08. The summed E-state index contributed by atoms with van der Waals surface area (Å²) in [5.74, 6) is 0. The number of benzene rings is 2. The maximum atomic E-state index is 12.9. The van der Waals surface area contributed by atoms with Gasteiger partial charge in [0.1, 0.15) is 0 Å². The van der Waals surface area contributed by atoms with Crippen molar-refractivity contribution in [2.24, 2.45) is 0 Å². The van der Waals surface area contributed by atoms with Crippen LogP contribution in [0.15, 0.2) is 51.8 Å². The van der Waals surface area contributed by atoms with Crippen LogP contribution in [0.2, 0.25) is 0 Å². The lowest BCUT2D eigenvalue weighted by Gasteiger charge is -2.24. The zero-order valence-corrected chi connectivity index (χ0v) is 13.9. The minimum Gasteiger partial charge on any atom is -0.399 e. The van der Waals surface area contributed by atoms with E-state index in [1.807, 2.05) is 13.0 Å². The molecule has 110 valence electrons. The molecule has 0 aromatic heterocycles. The Bertz CT molecular complexity index is 788. The maximum absolute atomic E-state index is 12.9. The van der Waals surface area contributed by atoms with E-state index in [4.69, 9.17) is 5.73 Å². The van der Waals surface area contributed by atoms with E-state index in [0.29, 0.717) is 17.8 Å². The van der Waals surface area contributed by atoms with Crippen molar-refractivity contribution in [3.63, 3.8) is 0 Å². The molecule has 2 N–H and O–H groups in total. The monoisotopic (exact) mass is 366 g/mol. The fourth-order valence-corrected chi connectivity index (χ4v) is 4.63. The Kier molecular flexibility index (Phi) is 3.45. The predicted molar refractivity (Wildman–Crippen MR) is 87.8 cm³/mol. The SMILES string of the molecule is CC1Cc2ccc(N)cc2N1S(=O)(=O)c1ccc(Br)cc1. The molecule has 6 heteroatoms. The lowest BCUT2D eigenvalue weighted by Crippen LogP contribution is -2.35. The number of sulfonamides is 1. The number of halogens is 1. The molecule has 4 nitrogen and oxygen atoms in total. The molecule has 1 aliphatic heterocycles. The zero-order valence-electron chi connectivity index (χ0n) is 11.5. The molecule has 21 heavy (non-hydrogen) atoms. The van der Waals surface area contributed by atoms with Gasteiger partial charge in [-0.15, -0.1) is 0 Å². The molecule has 0 aliphatic carbocycles. The first-order valence-electron chi connectivity index (χ1n) is 6.58. The van der Waals surface area contributed by atoms with E-state index in [-0.39, 0.29) is 10.9 Å². The zero-order chi connectivity index (χ0) is 15.2. The molecule has 3 rings (SSSR count). The molecule has 0 amide bonds. The fourth-order valence-electron chi connectivity index (χ4n) is 2.68. The van der Waals surface area contributed by atoms with Crippen molar-refractivity contribution in [3.05, 3.63) is 52.5 Å². The quantitative estimate of drug-likeness (QED) is 0.830. The number of hydrogen-bond acceptors (Lipinski definition) is 3. The fraction of sp³-hybridized carbons (Fsp3) is 0.200. The normalized spacial score (nSPS) is 17.8. The van der Waals surface area contributed by atoms with Crippen LogP contribution in [0.4, 0.5) is 11.4 Å². The second-order valence-electron chi connectivity index (χ2n) is 5.20. The van der Waals surface area contributed by atoms with Crippen LogP contribution in [0, 0.1) is 0 Å². The molecule has 1 unspecified atom stereocenters. The minimum absolute atomic E-state index is 0.115. The van der Waals surface area contributed by atoms with Gasteiger partial charge in [0, 0.05) is 16.2 Å². The van der Waals surface area contributed by atoms with Crippen LogP contribution in [0.5, 0.6) is 0 Å². The van der Waals surface area contributed by atoms with Crippen molar-refractivity contribution < 1.29 is 8.42 Å². The third-order valence-corrected chi connectivity index (χ3v) is 6.10. The number of anilines is 2. The Morgan fingerprint density at radius 2 is 1.86 bits per heavy atom. The van der Waals surface area contributed by atoms with Crippen molar-refractivity contribution in [2.45, 2.75) is 24.3 Å². The molecule has 0 spiro atoms.